The van der Waals surface area contributed by atoms with Gasteiger partial charge in [-0.15, -0.1) is 0 Å². The van der Waals surface area contributed by atoms with Gasteiger partial charge >= 0.3 is 0 Å². The van der Waals surface area contributed by atoms with Gasteiger partial charge in [-0.05, 0) is 37.8 Å². The maximum atomic E-state index is 6.20. The average molecular weight is 301 g/mol. The first-order chi connectivity index (χ1) is 10.7. The molecule has 4 rings (SSSR count). The van der Waals surface area contributed by atoms with Crippen LogP contribution in [-0.4, -0.2) is 24.4 Å². The van der Waals surface area contributed by atoms with Gasteiger partial charge < -0.3 is 20.9 Å². The standard InChI is InChI=1S/C15H19N5O2/c16-13-18-14(17)20(15(19-13)6-2-1-3-7-15)10-4-5-11-12(8-10)22-9-21-11/h4-5,8H,1-3,6-7,9H2,(H4,16,17,18,19). The Balaban J connectivity index is 1.79. The van der Waals surface area contributed by atoms with Crippen molar-refractivity contribution in [2.24, 2.45) is 21.5 Å². The molecule has 0 atom stereocenters. The van der Waals surface area contributed by atoms with E-state index in [-0.39, 0.29) is 12.8 Å². The predicted octanol–water partition coefficient (Wildman–Crippen LogP) is 1.53. The highest BCUT2D eigenvalue weighted by atomic mass is 16.7. The predicted molar refractivity (Wildman–Crippen MR) is 84.1 cm³/mol. The molecule has 1 aromatic rings. The van der Waals surface area contributed by atoms with E-state index in [2.05, 4.69) is 9.98 Å². The Bertz CT molecular complexity index is 664. The van der Waals surface area contributed by atoms with E-state index < -0.39 is 5.66 Å². The van der Waals surface area contributed by atoms with Gasteiger partial charge in [0.15, 0.2) is 11.5 Å². The van der Waals surface area contributed by atoms with E-state index in [0.717, 1.165) is 42.9 Å². The number of ether oxygens (including phenoxy) is 2. The van der Waals surface area contributed by atoms with Gasteiger partial charge in [0, 0.05) is 6.07 Å². The normalized spacial score (nSPS) is 22.5. The molecular formula is C15H19N5O2. The molecule has 1 spiro atoms. The van der Waals surface area contributed by atoms with Crippen LogP contribution >= 0.6 is 0 Å². The Kier molecular flexibility index (Phi) is 2.88. The SMILES string of the molecule is NC1=NC2(CCCCC2)N(c2ccc3c(c2)OCO3)C(N)=N1. The molecule has 7 nitrogen and oxygen atoms in total. The number of nitrogens with two attached hydrogens (primary N) is 2. The molecule has 0 bridgehead atoms. The number of nitrogens with zero attached hydrogens (tertiary/aromatic N) is 3. The van der Waals surface area contributed by atoms with E-state index in [1.54, 1.807) is 0 Å². The smallest absolute Gasteiger partial charge is 0.231 e. The fraction of sp³-hybridized carbons (Fsp3) is 0.467. The third-order valence-electron chi connectivity index (χ3n) is 4.47. The molecule has 0 amide bonds. The van der Waals surface area contributed by atoms with Crippen molar-refractivity contribution >= 4 is 17.6 Å². The zero-order valence-electron chi connectivity index (χ0n) is 12.3. The van der Waals surface area contributed by atoms with Gasteiger partial charge in [0.25, 0.3) is 0 Å². The molecule has 0 aromatic heterocycles. The summed E-state index contributed by atoms with van der Waals surface area (Å²) in [5, 5.41) is 0. The number of benzene rings is 1. The summed E-state index contributed by atoms with van der Waals surface area (Å²) in [5.41, 5.74) is 12.5. The van der Waals surface area contributed by atoms with Crippen LogP contribution in [0.1, 0.15) is 32.1 Å². The molecule has 1 fully saturated rings. The van der Waals surface area contributed by atoms with Gasteiger partial charge in [-0.3, -0.25) is 4.90 Å². The van der Waals surface area contributed by atoms with Crippen molar-refractivity contribution in [3.05, 3.63) is 18.2 Å². The average Bonchev–Trinajstić information content (AvgIpc) is 2.94. The Hall–Kier alpha value is -2.44. The first-order valence-corrected chi connectivity index (χ1v) is 7.57. The molecule has 0 unspecified atom stereocenters. The van der Waals surface area contributed by atoms with Gasteiger partial charge in [0.05, 0.1) is 5.69 Å². The number of hydrogen-bond acceptors (Lipinski definition) is 7. The van der Waals surface area contributed by atoms with Gasteiger partial charge in [-0.2, -0.15) is 4.99 Å². The summed E-state index contributed by atoms with van der Waals surface area (Å²) in [6.45, 7) is 0.249. The molecule has 1 aliphatic carbocycles. The van der Waals surface area contributed by atoms with Crippen LogP contribution in [0.3, 0.4) is 0 Å². The highest BCUT2D eigenvalue weighted by molar-refractivity contribution is 6.05. The molecule has 1 saturated carbocycles. The lowest BCUT2D eigenvalue weighted by Gasteiger charge is -2.45. The molecule has 22 heavy (non-hydrogen) atoms. The van der Waals surface area contributed by atoms with Gasteiger partial charge in [-0.1, -0.05) is 6.42 Å². The molecule has 2 heterocycles. The number of hydrogen-bond donors (Lipinski definition) is 2. The van der Waals surface area contributed by atoms with Crippen molar-refractivity contribution in [2.45, 2.75) is 37.8 Å². The van der Waals surface area contributed by atoms with Crippen molar-refractivity contribution in [2.75, 3.05) is 11.7 Å². The summed E-state index contributed by atoms with van der Waals surface area (Å²) in [7, 11) is 0. The van der Waals surface area contributed by atoms with E-state index in [1.807, 2.05) is 23.1 Å². The van der Waals surface area contributed by atoms with Crippen molar-refractivity contribution in [3.8, 4) is 11.5 Å². The molecule has 1 aromatic carbocycles. The highest BCUT2D eigenvalue weighted by Gasteiger charge is 2.42. The summed E-state index contributed by atoms with van der Waals surface area (Å²) in [5.74, 6) is 2.11. The number of anilines is 1. The Morgan fingerprint density at radius 2 is 1.82 bits per heavy atom. The van der Waals surface area contributed by atoms with E-state index >= 15 is 0 Å². The maximum Gasteiger partial charge on any atom is 0.231 e. The Morgan fingerprint density at radius 1 is 1.05 bits per heavy atom. The molecule has 4 N–H and O–H groups in total. The van der Waals surface area contributed by atoms with Crippen LogP contribution in [0.4, 0.5) is 5.69 Å². The van der Waals surface area contributed by atoms with E-state index in [9.17, 15) is 0 Å². The summed E-state index contributed by atoms with van der Waals surface area (Å²) < 4.78 is 10.8. The summed E-state index contributed by atoms with van der Waals surface area (Å²) in [6.07, 6.45) is 5.25. The van der Waals surface area contributed by atoms with Gasteiger partial charge in [-0.25, -0.2) is 4.99 Å². The summed E-state index contributed by atoms with van der Waals surface area (Å²) in [4.78, 5) is 10.8. The molecule has 7 heteroatoms. The van der Waals surface area contributed by atoms with Gasteiger partial charge in [0.1, 0.15) is 5.66 Å². The molecule has 2 aliphatic heterocycles. The number of fused-ring (bicyclic) bond motifs is 1. The van der Waals surface area contributed by atoms with Gasteiger partial charge in [0.2, 0.25) is 18.7 Å². The topological polar surface area (TPSA) is 98.5 Å². The monoisotopic (exact) mass is 301 g/mol. The van der Waals surface area contributed by atoms with Crippen LogP contribution in [-0.2, 0) is 0 Å². The minimum Gasteiger partial charge on any atom is -0.454 e. The van der Waals surface area contributed by atoms with Crippen molar-refractivity contribution in [1.82, 2.24) is 0 Å². The van der Waals surface area contributed by atoms with Crippen molar-refractivity contribution in [3.63, 3.8) is 0 Å². The minimum absolute atomic E-state index is 0.249. The number of rotatable bonds is 1. The molecular weight excluding hydrogens is 282 g/mol. The maximum absolute atomic E-state index is 6.20. The van der Waals surface area contributed by atoms with Crippen molar-refractivity contribution in [1.29, 1.82) is 0 Å². The fourth-order valence-electron chi connectivity index (χ4n) is 3.52. The zero-order chi connectivity index (χ0) is 15.2. The lowest BCUT2D eigenvalue weighted by molar-refractivity contribution is 0.174. The van der Waals surface area contributed by atoms with Crippen LogP contribution in [0.15, 0.2) is 28.2 Å². The molecule has 0 radical (unpaired) electrons. The quantitative estimate of drug-likeness (QED) is 0.819. The van der Waals surface area contributed by atoms with E-state index in [4.69, 9.17) is 20.9 Å². The molecule has 0 saturated heterocycles. The molecule has 3 aliphatic rings. The largest absolute Gasteiger partial charge is 0.454 e. The van der Waals surface area contributed by atoms with Crippen LogP contribution in [0.2, 0.25) is 0 Å². The number of guanidine groups is 2. The van der Waals surface area contributed by atoms with E-state index in [0.29, 0.717) is 5.96 Å². The second-order valence-electron chi connectivity index (χ2n) is 5.86. The molecule has 116 valence electrons. The lowest BCUT2D eigenvalue weighted by atomic mass is 9.87. The lowest BCUT2D eigenvalue weighted by Crippen LogP contribution is -2.58. The van der Waals surface area contributed by atoms with Crippen LogP contribution < -0.4 is 25.8 Å². The zero-order valence-corrected chi connectivity index (χ0v) is 12.3. The number of aliphatic imine (C=N–C) groups is 2. The Labute approximate surface area is 128 Å². The highest BCUT2D eigenvalue weighted by Crippen LogP contribution is 2.42. The van der Waals surface area contributed by atoms with Crippen LogP contribution in [0.25, 0.3) is 0 Å². The third kappa shape index (κ3) is 1.96. The third-order valence-corrected chi connectivity index (χ3v) is 4.47. The first kappa shape index (κ1) is 13.2. The fourth-order valence-corrected chi connectivity index (χ4v) is 3.52. The first-order valence-electron chi connectivity index (χ1n) is 7.57. The second-order valence-corrected chi connectivity index (χ2v) is 5.86. The van der Waals surface area contributed by atoms with Crippen LogP contribution in [0, 0.1) is 0 Å². The van der Waals surface area contributed by atoms with Crippen molar-refractivity contribution < 1.29 is 9.47 Å². The van der Waals surface area contributed by atoms with Crippen LogP contribution in [0.5, 0.6) is 11.5 Å². The Morgan fingerprint density at radius 3 is 2.64 bits per heavy atom. The summed E-state index contributed by atoms with van der Waals surface area (Å²) in [6, 6.07) is 5.78. The summed E-state index contributed by atoms with van der Waals surface area (Å²) >= 11 is 0. The minimum atomic E-state index is -0.429. The second kappa shape index (κ2) is 4.79. The van der Waals surface area contributed by atoms with E-state index in [1.165, 1.54) is 6.42 Å².